The van der Waals surface area contributed by atoms with E-state index in [0.29, 0.717) is 5.56 Å². The maximum atomic E-state index is 15.0. The van der Waals surface area contributed by atoms with E-state index in [2.05, 4.69) is 58.0 Å². The van der Waals surface area contributed by atoms with E-state index in [0.717, 1.165) is 54.1 Å². The van der Waals surface area contributed by atoms with Crippen LogP contribution in [0.2, 0.25) is 0 Å². The summed E-state index contributed by atoms with van der Waals surface area (Å²) in [5, 5.41) is 4.89. The van der Waals surface area contributed by atoms with Crippen LogP contribution in [0.25, 0.3) is 69.9 Å². The summed E-state index contributed by atoms with van der Waals surface area (Å²) in [6.45, 7) is 0. The van der Waals surface area contributed by atoms with Crippen molar-refractivity contribution in [1.82, 2.24) is 14.4 Å². The van der Waals surface area contributed by atoms with Crippen LogP contribution in [0.15, 0.2) is 103 Å². The smallest absolute Gasteiger partial charge is 0.223 e. The molecule has 0 aliphatic rings. The van der Waals surface area contributed by atoms with Gasteiger partial charge >= 0.3 is 0 Å². The molecule has 0 aliphatic heterocycles. The van der Waals surface area contributed by atoms with Gasteiger partial charge in [0, 0.05) is 27.4 Å². The van der Waals surface area contributed by atoms with Crippen molar-refractivity contribution in [1.29, 1.82) is 0 Å². The largest absolute Gasteiger partial charge is 0.290 e. The quantitative estimate of drug-likeness (QED) is 0.171. The van der Waals surface area contributed by atoms with Crippen LogP contribution in [0.5, 0.6) is 0 Å². The second kappa shape index (κ2) is 7.91. The van der Waals surface area contributed by atoms with Crippen molar-refractivity contribution in [3.63, 3.8) is 0 Å². The molecule has 0 aliphatic carbocycles. The molecule has 0 N–H and O–H groups in total. The van der Waals surface area contributed by atoms with Crippen molar-refractivity contribution in [2.24, 2.45) is 0 Å². The topological polar surface area (TPSA) is 30.2 Å². The fraction of sp³-hybridized carbons (Fsp3) is 0. The number of thiophene rings is 1. The van der Waals surface area contributed by atoms with E-state index in [1.54, 1.807) is 11.3 Å². The van der Waals surface area contributed by atoms with Gasteiger partial charge in [-0.25, -0.2) is 4.98 Å². The zero-order valence-electron chi connectivity index (χ0n) is 19.8. The average molecular weight is 514 g/mol. The molecule has 4 aromatic carbocycles. The second-order valence-electron chi connectivity index (χ2n) is 9.32. The zero-order valence-corrected chi connectivity index (χ0v) is 20.6. The maximum Gasteiger partial charge on any atom is 0.223 e. The van der Waals surface area contributed by atoms with Gasteiger partial charge in [0.05, 0.1) is 0 Å². The Morgan fingerprint density at radius 3 is 1.92 bits per heavy atom. The van der Waals surface area contributed by atoms with Crippen LogP contribution in [0.1, 0.15) is 0 Å². The van der Waals surface area contributed by atoms with Gasteiger partial charge in [0.1, 0.15) is 16.0 Å². The minimum absolute atomic E-state index is 0.280. The molecule has 0 atom stereocenters. The van der Waals surface area contributed by atoms with Gasteiger partial charge in [0.15, 0.2) is 0 Å². The molecular formula is C32H17F2N3S. The Balaban J connectivity index is 1.48. The normalized spacial score (nSPS) is 11.9. The van der Waals surface area contributed by atoms with Gasteiger partial charge in [0.25, 0.3) is 0 Å². The first-order valence-electron chi connectivity index (χ1n) is 12.2. The predicted octanol–water partition coefficient (Wildman–Crippen LogP) is 9.02. The molecule has 8 aromatic rings. The molecular weight excluding hydrogens is 496 g/mol. The molecule has 0 amide bonds. The van der Waals surface area contributed by atoms with Crippen LogP contribution < -0.4 is 0 Å². The summed E-state index contributed by atoms with van der Waals surface area (Å²) in [5.74, 6) is -1.65. The highest BCUT2D eigenvalue weighted by Crippen LogP contribution is 2.44. The van der Waals surface area contributed by atoms with Crippen molar-refractivity contribution in [3.05, 3.63) is 115 Å². The Bertz CT molecular complexity index is 2170. The van der Waals surface area contributed by atoms with Gasteiger partial charge in [-0.3, -0.25) is 4.40 Å². The van der Waals surface area contributed by atoms with Crippen LogP contribution in [-0.4, -0.2) is 14.4 Å². The van der Waals surface area contributed by atoms with Crippen LogP contribution in [0.3, 0.4) is 0 Å². The number of imidazole rings is 1. The summed E-state index contributed by atoms with van der Waals surface area (Å²) < 4.78 is 32.1. The van der Waals surface area contributed by atoms with Gasteiger partial charge in [-0.1, -0.05) is 66.7 Å². The first-order valence-corrected chi connectivity index (χ1v) is 13.0. The standard InChI is InChI=1S/C32H17F2N3S/c33-26-15-14-24(31(34)35-26)29-21-9-3-1-7-19(21)28(20-8-2-4-10-22(20)29)18-13-16-27-36-30-23-11-5-6-12-25(23)38-32(30)37(27)17-18/h1-17H. The summed E-state index contributed by atoms with van der Waals surface area (Å²) in [6, 6.07) is 31.1. The summed E-state index contributed by atoms with van der Waals surface area (Å²) in [5.41, 5.74) is 4.98. The number of nitrogens with zero attached hydrogens (tertiary/aromatic N) is 3. The van der Waals surface area contributed by atoms with E-state index in [4.69, 9.17) is 4.98 Å². The molecule has 4 heterocycles. The van der Waals surface area contributed by atoms with E-state index in [-0.39, 0.29) is 5.56 Å². The minimum atomic E-state index is -0.835. The third-order valence-electron chi connectivity index (χ3n) is 7.23. The molecule has 0 spiro atoms. The first kappa shape index (κ1) is 21.4. The fourth-order valence-corrected chi connectivity index (χ4v) is 6.75. The maximum absolute atomic E-state index is 15.0. The first-order chi connectivity index (χ1) is 18.7. The molecule has 0 saturated heterocycles. The fourth-order valence-electron chi connectivity index (χ4n) is 5.63. The Labute approximate surface area is 219 Å². The number of hydrogen-bond acceptors (Lipinski definition) is 3. The van der Waals surface area contributed by atoms with Crippen molar-refractivity contribution < 1.29 is 8.78 Å². The molecule has 0 fully saturated rings. The number of hydrogen-bond donors (Lipinski definition) is 0. The van der Waals surface area contributed by atoms with E-state index >= 15 is 4.39 Å². The van der Waals surface area contributed by atoms with Gasteiger partial charge < -0.3 is 0 Å². The summed E-state index contributed by atoms with van der Waals surface area (Å²) in [7, 11) is 0. The molecule has 0 bridgehead atoms. The number of rotatable bonds is 2. The van der Waals surface area contributed by atoms with Gasteiger partial charge in [0.2, 0.25) is 11.9 Å². The number of benzene rings is 4. The van der Waals surface area contributed by atoms with Crippen molar-refractivity contribution in [3.8, 4) is 22.3 Å². The van der Waals surface area contributed by atoms with Gasteiger partial charge in [-0.2, -0.15) is 13.8 Å². The third-order valence-corrected chi connectivity index (χ3v) is 8.39. The molecule has 6 heteroatoms. The Kier molecular flexibility index (Phi) is 4.46. The lowest BCUT2D eigenvalue weighted by Crippen LogP contribution is -1.96. The van der Waals surface area contributed by atoms with E-state index in [1.807, 2.05) is 42.5 Å². The van der Waals surface area contributed by atoms with E-state index in [9.17, 15) is 4.39 Å². The molecule has 8 rings (SSSR count). The number of pyridine rings is 2. The zero-order chi connectivity index (χ0) is 25.4. The highest BCUT2D eigenvalue weighted by atomic mass is 32.1. The Hall–Kier alpha value is -4.68. The monoisotopic (exact) mass is 513 g/mol. The SMILES string of the molecule is Fc1ccc(-c2c3ccccc3c(-c3ccc4nc5c6ccccc6sc5n4c3)c3ccccc23)c(F)n1. The lowest BCUT2D eigenvalue weighted by molar-refractivity contribution is 0.515. The second-order valence-corrected chi connectivity index (χ2v) is 10.4. The average Bonchev–Trinajstić information content (AvgIpc) is 3.48. The van der Waals surface area contributed by atoms with Crippen molar-refractivity contribution in [2.75, 3.05) is 0 Å². The lowest BCUT2D eigenvalue weighted by Gasteiger charge is -2.17. The highest BCUT2D eigenvalue weighted by Gasteiger charge is 2.20. The Morgan fingerprint density at radius 1 is 0.605 bits per heavy atom. The summed E-state index contributed by atoms with van der Waals surface area (Å²) in [4.78, 5) is 9.51. The molecule has 4 aromatic heterocycles. The van der Waals surface area contributed by atoms with Gasteiger partial charge in [-0.05, 0) is 63.0 Å². The molecule has 0 radical (unpaired) electrons. The lowest BCUT2D eigenvalue weighted by atomic mass is 9.86. The molecule has 38 heavy (non-hydrogen) atoms. The summed E-state index contributed by atoms with van der Waals surface area (Å²) in [6.07, 6.45) is 2.15. The predicted molar refractivity (Wildman–Crippen MR) is 152 cm³/mol. The minimum Gasteiger partial charge on any atom is -0.290 e. The number of halogens is 2. The number of fused-ring (bicyclic) bond motifs is 7. The van der Waals surface area contributed by atoms with Crippen molar-refractivity contribution in [2.45, 2.75) is 0 Å². The van der Waals surface area contributed by atoms with E-state index < -0.39 is 11.9 Å². The molecule has 0 unspecified atom stereocenters. The van der Waals surface area contributed by atoms with E-state index in [1.165, 1.54) is 16.8 Å². The van der Waals surface area contributed by atoms with Crippen molar-refractivity contribution >= 4 is 59.0 Å². The highest BCUT2D eigenvalue weighted by molar-refractivity contribution is 7.25. The Morgan fingerprint density at radius 2 is 1.24 bits per heavy atom. The van der Waals surface area contributed by atoms with Crippen LogP contribution in [0, 0.1) is 11.9 Å². The van der Waals surface area contributed by atoms with Crippen LogP contribution in [-0.2, 0) is 0 Å². The molecule has 180 valence electrons. The van der Waals surface area contributed by atoms with Crippen LogP contribution >= 0.6 is 11.3 Å². The van der Waals surface area contributed by atoms with Gasteiger partial charge in [-0.15, -0.1) is 11.3 Å². The summed E-state index contributed by atoms with van der Waals surface area (Å²) >= 11 is 1.73. The van der Waals surface area contributed by atoms with Crippen LogP contribution in [0.4, 0.5) is 8.78 Å². The molecule has 3 nitrogen and oxygen atoms in total. The number of aromatic nitrogens is 3. The third kappa shape index (κ3) is 2.98. The molecule has 0 saturated carbocycles.